The van der Waals surface area contributed by atoms with Crippen LogP contribution in [0.5, 0.6) is 0 Å². The van der Waals surface area contributed by atoms with Crippen molar-refractivity contribution in [2.24, 2.45) is 12.0 Å². The van der Waals surface area contributed by atoms with Gasteiger partial charge in [-0.1, -0.05) is 0 Å². The zero-order chi connectivity index (χ0) is 19.4. The van der Waals surface area contributed by atoms with Crippen LogP contribution in [0.3, 0.4) is 0 Å². The molecule has 2 aromatic rings. The van der Waals surface area contributed by atoms with Crippen molar-refractivity contribution in [2.45, 2.75) is 19.4 Å². The van der Waals surface area contributed by atoms with Crippen LogP contribution in [0, 0.1) is 0 Å². The van der Waals surface area contributed by atoms with Gasteiger partial charge in [0.05, 0.1) is 24.7 Å². The van der Waals surface area contributed by atoms with E-state index in [0.29, 0.717) is 31.4 Å². The summed E-state index contributed by atoms with van der Waals surface area (Å²) < 4.78 is 6.97. The van der Waals surface area contributed by atoms with Gasteiger partial charge in [-0.2, -0.15) is 5.10 Å². The molecule has 2 aromatic heterocycles. The zero-order valence-electron chi connectivity index (χ0n) is 16.3. The lowest BCUT2D eigenvalue weighted by Crippen LogP contribution is -2.55. The number of hydrogen-bond donors (Lipinski definition) is 2. The number of aromatic nitrogens is 2. The van der Waals surface area contributed by atoms with E-state index in [1.807, 2.05) is 25.1 Å². The maximum Gasteiger partial charge on any atom is 0.246 e. The van der Waals surface area contributed by atoms with Crippen molar-refractivity contribution in [3.05, 3.63) is 36.5 Å². The summed E-state index contributed by atoms with van der Waals surface area (Å²) >= 11 is 0. The number of aliphatic imine (C=N–C) groups is 1. The van der Waals surface area contributed by atoms with E-state index in [2.05, 4.69) is 15.4 Å². The highest BCUT2D eigenvalue weighted by Crippen LogP contribution is 2.21. The number of nitrogens with one attached hydrogen (secondary N) is 1. The van der Waals surface area contributed by atoms with Gasteiger partial charge < -0.3 is 24.6 Å². The fraction of sp³-hybridized carbons (Fsp3) is 0.500. The Morgan fingerprint density at radius 2 is 2.25 bits per heavy atom. The van der Waals surface area contributed by atoms with Crippen molar-refractivity contribution in [2.75, 3.05) is 37.6 Å². The molecular formula is C18H27IN6O3. The number of guanidine groups is 1. The summed E-state index contributed by atoms with van der Waals surface area (Å²) in [7, 11) is 1.82. The molecule has 1 amide bonds. The van der Waals surface area contributed by atoms with Crippen molar-refractivity contribution in [3.8, 4) is 0 Å². The Labute approximate surface area is 181 Å². The molecule has 0 aromatic carbocycles. The second kappa shape index (κ2) is 9.41. The molecule has 10 heteroatoms. The molecule has 28 heavy (non-hydrogen) atoms. The van der Waals surface area contributed by atoms with E-state index in [1.165, 1.54) is 6.26 Å². The smallest absolute Gasteiger partial charge is 0.246 e. The molecule has 1 unspecified atom stereocenters. The van der Waals surface area contributed by atoms with Gasteiger partial charge in [0.1, 0.15) is 17.9 Å². The standard InChI is InChI=1S/C18H26N6O3.HI/c1-4-19-17(20-13-18(2,26)15-6-5-9-27-15)23-7-8-24(16(25)12-23)14-10-21-22(3)11-14;/h5-6,9-11,26H,4,7-8,12-13H2,1-3H3,(H,19,20);1H. The summed E-state index contributed by atoms with van der Waals surface area (Å²) in [5.74, 6) is 1.04. The van der Waals surface area contributed by atoms with E-state index in [1.54, 1.807) is 34.8 Å². The van der Waals surface area contributed by atoms with E-state index in [4.69, 9.17) is 4.42 Å². The number of nitrogens with zero attached hydrogens (tertiary/aromatic N) is 5. The summed E-state index contributed by atoms with van der Waals surface area (Å²) in [4.78, 5) is 20.8. The SMILES string of the molecule is CCNC(=NCC(C)(O)c1ccco1)N1CCN(c2cnn(C)c2)C(=O)C1.I. The van der Waals surface area contributed by atoms with Gasteiger partial charge in [0, 0.05) is 32.9 Å². The minimum Gasteiger partial charge on any atom is -0.466 e. The van der Waals surface area contributed by atoms with E-state index >= 15 is 0 Å². The van der Waals surface area contributed by atoms with Crippen LogP contribution < -0.4 is 10.2 Å². The molecule has 0 bridgehead atoms. The van der Waals surface area contributed by atoms with Crippen LogP contribution in [0.1, 0.15) is 19.6 Å². The average molecular weight is 502 g/mol. The molecule has 1 aliphatic heterocycles. The first-order valence-corrected chi connectivity index (χ1v) is 8.99. The fourth-order valence-electron chi connectivity index (χ4n) is 2.99. The van der Waals surface area contributed by atoms with Gasteiger partial charge in [0.15, 0.2) is 5.96 Å². The maximum atomic E-state index is 12.6. The van der Waals surface area contributed by atoms with Crippen LogP contribution in [0.15, 0.2) is 40.2 Å². The van der Waals surface area contributed by atoms with E-state index < -0.39 is 5.60 Å². The Morgan fingerprint density at radius 3 is 2.82 bits per heavy atom. The number of halogens is 1. The zero-order valence-corrected chi connectivity index (χ0v) is 18.7. The topological polar surface area (TPSA) is 99.1 Å². The molecule has 0 radical (unpaired) electrons. The number of amides is 1. The first-order chi connectivity index (χ1) is 12.9. The second-order valence-electron chi connectivity index (χ2n) is 6.76. The van der Waals surface area contributed by atoms with Crippen LogP contribution in [-0.4, -0.2) is 64.4 Å². The number of rotatable bonds is 5. The Bertz CT molecular complexity index is 802. The normalized spacial score (nSPS) is 17.3. The average Bonchev–Trinajstić information content (AvgIpc) is 3.30. The van der Waals surface area contributed by atoms with Gasteiger partial charge >= 0.3 is 0 Å². The summed E-state index contributed by atoms with van der Waals surface area (Å²) in [6, 6.07) is 3.45. The van der Waals surface area contributed by atoms with Crippen LogP contribution in [0.4, 0.5) is 5.69 Å². The van der Waals surface area contributed by atoms with E-state index in [0.717, 1.165) is 5.69 Å². The van der Waals surface area contributed by atoms with Crippen LogP contribution in [0.25, 0.3) is 0 Å². The Balaban J connectivity index is 0.00000280. The molecule has 3 rings (SSSR count). The van der Waals surface area contributed by atoms with Crippen molar-refractivity contribution >= 4 is 41.5 Å². The third-order valence-electron chi connectivity index (χ3n) is 4.45. The van der Waals surface area contributed by atoms with Gasteiger partial charge in [-0.3, -0.25) is 9.48 Å². The van der Waals surface area contributed by atoms with Gasteiger partial charge in [0.2, 0.25) is 5.91 Å². The molecule has 9 nitrogen and oxygen atoms in total. The largest absolute Gasteiger partial charge is 0.466 e. The minimum absolute atomic E-state index is 0. The predicted molar refractivity (Wildman–Crippen MR) is 117 cm³/mol. The van der Waals surface area contributed by atoms with Crippen molar-refractivity contribution in [1.29, 1.82) is 0 Å². The number of hydrogen-bond acceptors (Lipinski definition) is 5. The number of aryl methyl sites for hydroxylation is 1. The van der Waals surface area contributed by atoms with Crippen LogP contribution in [0.2, 0.25) is 0 Å². The number of furan rings is 1. The number of carbonyl (C=O) groups is 1. The van der Waals surface area contributed by atoms with Crippen molar-refractivity contribution in [3.63, 3.8) is 0 Å². The number of anilines is 1. The lowest BCUT2D eigenvalue weighted by atomic mass is 10.0. The first kappa shape index (κ1) is 22.2. The molecule has 1 atom stereocenters. The van der Waals surface area contributed by atoms with Crippen LogP contribution in [-0.2, 0) is 17.4 Å². The molecule has 1 aliphatic rings. The molecule has 3 heterocycles. The Kier molecular flexibility index (Phi) is 7.47. The molecule has 0 aliphatic carbocycles. The summed E-state index contributed by atoms with van der Waals surface area (Å²) in [5.41, 5.74) is -0.420. The van der Waals surface area contributed by atoms with Crippen molar-refractivity contribution in [1.82, 2.24) is 20.0 Å². The van der Waals surface area contributed by atoms with Gasteiger partial charge in [-0.25, -0.2) is 4.99 Å². The van der Waals surface area contributed by atoms with Crippen LogP contribution >= 0.6 is 24.0 Å². The Morgan fingerprint density at radius 1 is 1.46 bits per heavy atom. The Hall–Kier alpha value is -2.08. The highest BCUT2D eigenvalue weighted by molar-refractivity contribution is 14.0. The minimum atomic E-state index is -1.22. The lowest BCUT2D eigenvalue weighted by molar-refractivity contribution is -0.120. The predicted octanol–water partition coefficient (Wildman–Crippen LogP) is 1.15. The molecule has 1 fully saturated rings. The van der Waals surface area contributed by atoms with Crippen molar-refractivity contribution < 1.29 is 14.3 Å². The molecule has 1 saturated heterocycles. The number of aliphatic hydroxyl groups is 1. The molecule has 0 saturated carbocycles. The highest BCUT2D eigenvalue weighted by Gasteiger charge is 2.30. The number of piperazine rings is 1. The summed E-state index contributed by atoms with van der Waals surface area (Å²) in [6.45, 7) is 5.80. The molecule has 154 valence electrons. The fourth-order valence-corrected chi connectivity index (χ4v) is 2.99. The van der Waals surface area contributed by atoms with Gasteiger partial charge in [-0.15, -0.1) is 24.0 Å². The maximum absolute atomic E-state index is 12.6. The third kappa shape index (κ3) is 5.04. The van der Waals surface area contributed by atoms with Gasteiger partial charge in [0.25, 0.3) is 0 Å². The monoisotopic (exact) mass is 502 g/mol. The third-order valence-corrected chi connectivity index (χ3v) is 4.45. The number of carbonyl (C=O) groups excluding carboxylic acids is 1. The molecule has 0 spiro atoms. The second-order valence-corrected chi connectivity index (χ2v) is 6.76. The molecular weight excluding hydrogens is 475 g/mol. The lowest BCUT2D eigenvalue weighted by Gasteiger charge is -2.35. The summed E-state index contributed by atoms with van der Waals surface area (Å²) in [6.07, 6.45) is 5.04. The first-order valence-electron chi connectivity index (χ1n) is 8.99. The highest BCUT2D eigenvalue weighted by atomic mass is 127. The quantitative estimate of drug-likeness (QED) is 0.362. The van der Waals surface area contributed by atoms with Gasteiger partial charge in [-0.05, 0) is 26.0 Å². The van der Waals surface area contributed by atoms with E-state index in [9.17, 15) is 9.90 Å². The van der Waals surface area contributed by atoms with E-state index in [-0.39, 0.29) is 43.0 Å². The summed E-state index contributed by atoms with van der Waals surface area (Å²) in [5, 5.41) is 17.9. The molecule has 2 N–H and O–H groups in total.